The topological polar surface area (TPSA) is 46.5 Å². The normalized spacial score (nSPS) is 13.2. The standard InChI is InChI=1S/C13H15F3O3S/c14-13(15,16)9-19-6-7-20-11(12(17)18)8-10-4-2-1-3-5-10/h1-5,11H,6-9H2,(H,17,18). The summed E-state index contributed by atoms with van der Waals surface area (Å²) in [7, 11) is 0. The molecule has 1 atom stereocenters. The smallest absolute Gasteiger partial charge is 0.411 e. The molecule has 0 aliphatic rings. The predicted octanol–water partition coefficient (Wildman–Crippen LogP) is 2.99. The summed E-state index contributed by atoms with van der Waals surface area (Å²) in [5, 5.41) is 8.39. The van der Waals surface area contributed by atoms with E-state index in [0.29, 0.717) is 6.42 Å². The molecule has 0 spiro atoms. The number of alkyl halides is 3. The molecular formula is C13H15F3O3S. The average Bonchev–Trinajstić information content (AvgIpc) is 2.36. The van der Waals surface area contributed by atoms with Crippen LogP contribution in [0.25, 0.3) is 0 Å². The first-order valence-corrected chi connectivity index (χ1v) is 6.96. The van der Waals surface area contributed by atoms with Crippen LogP contribution in [-0.4, -0.2) is 41.5 Å². The summed E-state index contributed by atoms with van der Waals surface area (Å²) in [6, 6.07) is 9.08. The number of rotatable bonds is 8. The third kappa shape index (κ3) is 7.40. The second-order valence-corrected chi connectivity index (χ2v) is 5.37. The fourth-order valence-electron chi connectivity index (χ4n) is 1.48. The van der Waals surface area contributed by atoms with Crippen molar-refractivity contribution in [3.63, 3.8) is 0 Å². The van der Waals surface area contributed by atoms with Gasteiger partial charge in [-0.3, -0.25) is 4.79 Å². The van der Waals surface area contributed by atoms with Crippen molar-refractivity contribution in [2.45, 2.75) is 17.8 Å². The zero-order chi connectivity index (χ0) is 15.0. The highest BCUT2D eigenvalue weighted by molar-refractivity contribution is 8.00. The molecule has 1 rings (SSSR count). The third-order valence-electron chi connectivity index (χ3n) is 2.35. The molecule has 0 aliphatic carbocycles. The van der Waals surface area contributed by atoms with Gasteiger partial charge in [0, 0.05) is 5.75 Å². The van der Waals surface area contributed by atoms with Crippen molar-refractivity contribution in [3.05, 3.63) is 35.9 Å². The highest BCUT2D eigenvalue weighted by atomic mass is 32.2. The molecule has 0 aromatic heterocycles. The number of aliphatic carboxylic acids is 1. The van der Waals surface area contributed by atoms with Crippen molar-refractivity contribution in [1.29, 1.82) is 0 Å². The molecule has 0 amide bonds. The summed E-state index contributed by atoms with van der Waals surface area (Å²) in [4.78, 5) is 11.1. The molecule has 1 unspecified atom stereocenters. The van der Waals surface area contributed by atoms with E-state index < -0.39 is 24.0 Å². The van der Waals surface area contributed by atoms with E-state index in [2.05, 4.69) is 4.74 Å². The number of thioether (sulfide) groups is 1. The van der Waals surface area contributed by atoms with Gasteiger partial charge in [-0.1, -0.05) is 30.3 Å². The van der Waals surface area contributed by atoms with E-state index in [1.165, 1.54) is 0 Å². The molecule has 0 radical (unpaired) electrons. The Balaban J connectivity index is 2.32. The summed E-state index contributed by atoms with van der Waals surface area (Å²) < 4.78 is 39.9. The number of hydrogen-bond acceptors (Lipinski definition) is 3. The van der Waals surface area contributed by atoms with E-state index in [0.717, 1.165) is 17.3 Å². The maximum Gasteiger partial charge on any atom is 0.411 e. The highest BCUT2D eigenvalue weighted by Crippen LogP contribution is 2.18. The number of carbonyl (C=O) groups is 1. The van der Waals surface area contributed by atoms with Crippen LogP contribution in [0.4, 0.5) is 13.2 Å². The van der Waals surface area contributed by atoms with E-state index in [-0.39, 0.29) is 12.4 Å². The lowest BCUT2D eigenvalue weighted by atomic mass is 10.1. The molecule has 0 aliphatic heterocycles. The monoisotopic (exact) mass is 308 g/mol. The molecule has 1 aromatic rings. The maximum atomic E-state index is 11.8. The largest absolute Gasteiger partial charge is 0.480 e. The van der Waals surface area contributed by atoms with Gasteiger partial charge in [0.25, 0.3) is 0 Å². The lowest BCUT2D eigenvalue weighted by Gasteiger charge is -2.12. The minimum absolute atomic E-state index is 0.122. The van der Waals surface area contributed by atoms with Gasteiger partial charge in [0.1, 0.15) is 11.9 Å². The summed E-state index contributed by atoms with van der Waals surface area (Å²) in [5.74, 6) is -0.769. The number of hydrogen-bond donors (Lipinski definition) is 1. The SMILES string of the molecule is O=C(O)C(Cc1ccccc1)SCCOCC(F)(F)F. The second-order valence-electron chi connectivity index (χ2n) is 4.06. The number of carboxylic acid groups (broad SMARTS) is 1. The Morgan fingerprint density at radius 3 is 2.50 bits per heavy atom. The number of halogens is 3. The van der Waals surface area contributed by atoms with Crippen LogP contribution in [0, 0.1) is 0 Å². The maximum absolute atomic E-state index is 11.8. The van der Waals surface area contributed by atoms with Crippen molar-refractivity contribution >= 4 is 17.7 Å². The van der Waals surface area contributed by atoms with Gasteiger partial charge in [-0.05, 0) is 12.0 Å². The predicted molar refractivity (Wildman–Crippen MR) is 70.9 cm³/mol. The zero-order valence-corrected chi connectivity index (χ0v) is 11.4. The Kier molecular flexibility index (Phi) is 6.87. The van der Waals surface area contributed by atoms with Crippen LogP contribution in [-0.2, 0) is 16.0 Å². The Bertz CT molecular complexity index is 409. The Morgan fingerprint density at radius 1 is 1.30 bits per heavy atom. The summed E-state index contributed by atoms with van der Waals surface area (Å²) in [6.45, 7) is -1.42. The van der Waals surface area contributed by atoms with Crippen molar-refractivity contribution < 1.29 is 27.8 Å². The zero-order valence-electron chi connectivity index (χ0n) is 10.6. The molecule has 0 heterocycles. The van der Waals surface area contributed by atoms with Gasteiger partial charge >= 0.3 is 12.1 Å². The van der Waals surface area contributed by atoms with E-state index in [1.54, 1.807) is 0 Å². The molecule has 1 aromatic carbocycles. The Hall–Kier alpha value is -1.21. The highest BCUT2D eigenvalue weighted by Gasteiger charge is 2.27. The summed E-state index contributed by atoms with van der Waals surface area (Å²) >= 11 is 1.08. The average molecular weight is 308 g/mol. The van der Waals surface area contributed by atoms with Gasteiger partial charge in [0.05, 0.1) is 6.61 Å². The molecule has 20 heavy (non-hydrogen) atoms. The number of benzene rings is 1. The van der Waals surface area contributed by atoms with E-state index in [4.69, 9.17) is 5.11 Å². The molecular weight excluding hydrogens is 293 g/mol. The summed E-state index contributed by atoms with van der Waals surface area (Å²) in [5.41, 5.74) is 0.878. The van der Waals surface area contributed by atoms with E-state index >= 15 is 0 Å². The minimum atomic E-state index is -4.35. The van der Waals surface area contributed by atoms with Crippen LogP contribution in [0.2, 0.25) is 0 Å². The van der Waals surface area contributed by atoms with Crippen LogP contribution in [0.5, 0.6) is 0 Å². The van der Waals surface area contributed by atoms with Gasteiger partial charge in [0.15, 0.2) is 0 Å². The lowest BCUT2D eigenvalue weighted by molar-refractivity contribution is -0.172. The van der Waals surface area contributed by atoms with Gasteiger partial charge in [-0.15, -0.1) is 11.8 Å². The van der Waals surface area contributed by atoms with Crippen molar-refractivity contribution in [1.82, 2.24) is 0 Å². The van der Waals surface area contributed by atoms with Gasteiger partial charge in [0.2, 0.25) is 0 Å². The van der Waals surface area contributed by atoms with Crippen molar-refractivity contribution in [3.8, 4) is 0 Å². The van der Waals surface area contributed by atoms with E-state index in [9.17, 15) is 18.0 Å². The first-order valence-electron chi connectivity index (χ1n) is 5.91. The molecule has 0 saturated heterocycles. The Labute approximate surface area is 119 Å². The number of carboxylic acids is 1. The molecule has 0 fully saturated rings. The van der Waals surface area contributed by atoms with Gasteiger partial charge in [-0.25, -0.2) is 0 Å². The van der Waals surface area contributed by atoms with Gasteiger partial charge in [-0.2, -0.15) is 13.2 Å². The van der Waals surface area contributed by atoms with Crippen LogP contribution in [0.1, 0.15) is 5.56 Å². The van der Waals surface area contributed by atoms with E-state index in [1.807, 2.05) is 30.3 Å². The molecule has 7 heteroatoms. The first-order chi connectivity index (χ1) is 9.38. The van der Waals surface area contributed by atoms with Crippen molar-refractivity contribution in [2.75, 3.05) is 19.0 Å². The van der Waals surface area contributed by atoms with Crippen molar-refractivity contribution in [2.24, 2.45) is 0 Å². The minimum Gasteiger partial charge on any atom is -0.480 e. The van der Waals surface area contributed by atoms with Crippen LogP contribution in [0.15, 0.2) is 30.3 Å². The quantitative estimate of drug-likeness (QED) is 0.750. The van der Waals surface area contributed by atoms with Gasteiger partial charge < -0.3 is 9.84 Å². The first kappa shape index (κ1) is 16.8. The van der Waals surface area contributed by atoms with Crippen LogP contribution < -0.4 is 0 Å². The van der Waals surface area contributed by atoms with Crippen LogP contribution in [0.3, 0.4) is 0 Å². The third-order valence-corrected chi connectivity index (χ3v) is 3.52. The molecule has 112 valence electrons. The van der Waals surface area contributed by atoms with Crippen LogP contribution >= 0.6 is 11.8 Å². The fraction of sp³-hybridized carbons (Fsp3) is 0.462. The Morgan fingerprint density at radius 2 is 1.95 bits per heavy atom. The molecule has 3 nitrogen and oxygen atoms in total. The second kappa shape index (κ2) is 8.16. The molecule has 0 bridgehead atoms. The molecule has 0 saturated carbocycles. The lowest BCUT2D eigenvalue weighted by Crippen LogP contribution is -2.22. The fourth-order valence-corrected chi connectivity index (χ4v) is 2.43. The molecule has 1 N–H and O–H groups in total. The summed E-state index contributed by atoms with van der Waals surface area (Å²) in [6.07, 6.45) is -4.01. The number of ether oxygens (including phenoxy) is 1.